The Balaban J connectivity index is 1.28. The zero-order chi connectivity index (χ0) is 17.2. The Labute approximate surface area is 152 Å². The lowest BCUT2D eigenvalue weighted by Crippen LogP contribution is -2.48. The zero-order valence-corrected chi connectivity index (χ0v) is 15.4. The van der Waals surface area contributed by atoms with Crippen LogP contribution in [0.5, 0.6) is 0 Å². The van der Waals surface area contributed by atoms with E-state index in [0.29, 0.717) is 11.8 Å². The van der Waals surface area contributed by atoms with E-state index in [1.165, 1.54) is 5.56 Å². The minimum atomic E-state index is 0.334. The average Bonchev–Trinajstić information content (AvgIpc) is 3.39. The Bertz CT molecular complexity index is 730. The number of aromatic nitrogens is 1. The molecule has 5 nitrogen and oxygen atoms in total. The fourth-order valence-corrected chi connectivity index (χ4v) is 3.86. The van der Waals surface area contributed by atoms with Gasteiger partial charge in [0.2, 0.25) is 5.91 Å². The van der Waals surface area contributed by atoms with Crippen LogP contribution in [-0.2, 0) is 11.3 Å². The molecule has 0 spiro atoms. The Morgan fingerprint density at radius 1 is 1.20 bits per heavy atom. The van der Waals surface area contributed by atoms with E-state index in [1.807, 2.05) is 4.90 Å². The van der Waals surface area contributed by atoms with Crippen LogP contribution in [0.25, 0.3) is 0 Å². The van der Waals surface area contributed by atoms with Crippen molar-refractivity contribution in [3.63, 3.8) is 0 Å². The molecule has 132 valence electrons. The van der Waals surface area contributed by atoms with Crippen LogP contribution in [0.4, 0.5) is 10.8 Å². The molecule has 0 bridgehead atoms. The van der Waals surface area contributed by atoms with Crippen LogP contribution in [-0.4, -0.2) is 46.9 Å². The molecular formula is C19H24N4OS. The van der Waals surface area contributed by atoms with Gasteiger partial charge in [0.1, 0.15) is 0 Å². The summed E-state index contributed by atoms with van der Waals surface area (Å²) in [6.07, 6.45) is 2.18. The molecule has 1 saturated carbocycles. The van der Waals surface area contributed by atoms with Crippen molar-refractivity contribution < 1.29 is 4.79 Å². The molecule has 1 N–H and O–H groups in total. The highest BCUT2D eigenvalue weighted by Gasteiger charge is 2.34. The standard InChI is InChI=1S/C19H24N4OS/c1-14-2-6-16(7-3-14)20-19-21-17(13-25-19)12-22-8-10-23(11-9-22)18(24)15-4-5-15/h2-3,6-7,13,15H,4-5,8-12H2,1H3,(H,20,21). The summed E-state index contributed by atoms with van der Waals surface area (Å²) in [6, 6.07) is 8.34. The molecule has 2 heterocycles. The minimum absolute atomic E-state index is 0.334. The van der Waals surface area contributed by atoms with E-state index < -0.39 is 0 Å². The molecule has 1 amide bonds. The van der Waals surface area contributed by atoms with Crippen LogP contribution in [0.3, 0.4) is 0 Å². The molecule has 1 aromatic carbocycles. The molecule has 25 heavy (non-hydrogen) atoms. The first-order valence-corrected chi connectivity index (χ1v) is 9.84. The molecule has 2 fully saturated rings. The van der Waals surface area contributed by atoms with E-state index in [4.69, 9.17) is 4.98 Å². The molecule has 0 radical (unpaired) electrons. The number of thiazole rings is 1. The average molecular weight is 356 g/mol. The summed E-state index contributed by atoms with van der Waals surface area (Å²) in [4.78, 5) is 21.2. The third-order valence-corrected chi connectivity index (χ3v) is 5.66. The number of hydrogen-bond acceptors (Lipinski definition) is 5. The maximum Gasteiger partial charge on any atom is 0.225 e. The Morgan fingerprint density at radius 3 is 2.60 bits per heavy atom. The summed E-state index contributed by atoms with van der Waals surface area (Å²) >= 11 is 1.64. The van der Waals surface area contributed by atoms with Gasteiger partial charge in [0.25, 0.3) is 0 Å². The summed E-state index contributed by atoms with van der Waals surface area (Å²) < 4.78 is 0. The van der Waals surface area contributed by atoms with Crippen molar-refractivity contribution in [3.05, 3.63) is 40.9 Å². The zero-order valence-electron chi connectivity index (χ0n) is 14.6. The lowest BCUT2D eigenvalue weighted by atomic mass is 10.2. The lowest BCUT2D eigenvalue weighted by molar-refractivity contribution is -0.134. The number of nitrogens with one attached hydrogen (secondary N) is 1. The van der Waals surface area contributed by atoms with Crippen LogP contribution in [0, 0.1) is 12.8 Å². The van der Waals surface area contributed by atoms with Gasteiger partial charge in [-0.15, -0.1) is 11.3 Å². The van der Waals surface area contributed by atoms with Crippen molar-refractivity contribution in [1.29, 1.82) is 0 Å². The predicted molar refractivity (Wildman–Crippen MR) is 101 cm³/mol. The Kier molecular flexibility index (Phi) is 4.72. The van der Waals surface area contributed by atoms with Crippen LogP contribution < -0.4 is 5.32 Å². The molecule has 0 atom stereocenters. The molecule has 2 aromatic rings. The largest absolute Gasteiger partial charge is 0.340 e. The maximum atomic E-state index is 12.1. The van der Waals surface area contributed by atoms with Gasteiger partial charge in [-0.25, -0.2) is 4.98 Å². The van der Waals surface area contributed by atoms with Gasteiger partial charge in [0, 0.05) is 49.7 Å². The van der Waals surface area contributed by atoms with E-state index in [1.54, 1.807) is 11.3 Å². The number of benzene rings is 1. The second-order valence-corrected chi connectivity index (χ2v) is 7.87. The molecular weight excluding hydrogens is 332 g/mol. The van der Waals surface area contributed by atoms with E-state index in [-0.39, 0.29) is 0 Å². The van der Waals surface area contributed by atoms with Gasteiger partial charge in [0.05, 0.1) is 5.69 Å². The molecule has 2 aliphatic rings. The highest BCUT2D eigenvalue weighted by Crippen LogP contribution is 2.31. The quantitative estimate of drug-likeness (QED) is 0.893. The van der Waals surface area contributed by atoms with Crippen molar-refractivity contribution in [3.8, 4) is 0 Å². The smallest absolute Gasteiger partial charge is 0.225 e. The number of hydrogen-bond donors (Lipinski definition) is 1. The third-order valence-electron chi connectivity index (χ3n) is 4.85. The third kappa shape index (κ3) is 4.19. The van der Waals surface area contributed by atoms with Gasteiger partial charge in [0.15, 0.2) is 5.13 Å². The molecule has 4 rings (SSSR count). The fraction of sp³-hybridized carbons (Fsp3) is 0.474. The predicted octanol–water partition coefficient (Wildman–Crippen LogP) is 3.25. The molecule has 1 aliphatic heterocycles. The second kappa shape index (κ2) is 7.14. The first kappa shape index (κ1) is 16.5. The highest BCUT2D eigenvalue weighted by molar-refractivity contribution is 7.13. The lowest BCUT2D eigenvalue weighted by Gasteiger charge is -2.34. The SMILES string of the molecule is Cc1ccc(Nc2nc(CN3CCN(C(=O)C4CC4)CC3)cs2)cc1. The number of rotatable bonds is 5. The van der Waals surface area contributed by atoms with Crippen molar-refractivity contribution in [2.45, 2.75) is 26.3 Å². The summed E-state index contributed by atoms with van der Waals surface area (Å²) in [7, 11) is 0. The Hall–Kier alpha value is -1.92. The normalized spacial score (nSPS) is 18.4. The van der Waals surface area contributed by atoms with Crippen molar-refractivity contribution in [2.24, 2.45) is 5.92 Å². The first-order valence-electron chi connectivity index (χ1n) is 8.96. The van der Waals surface area contributed by atoms with E-state index in [2.05, 4.69) is 46.8 Å². The minimum Gasteiger partial charge on any atom is -0.340 e. The van der Waals surface area contributed by atoms with Crippen LogP contribution in [0.1, 0.15) is 24.1 Å². The van der Waals surface area contributed by atoms with Crippen LogP contribution in [0.15, 0.2) is 29.6 Å². The number of amides is 1. The molecule has 1 aliphatic carbocycles. The van der Waals surface area contributed by atoms with Gasteiger partial charge in [-0.05, 0) is 31.9 Å². The van der Waals surface area contributed by atoms with Gasteiger partial charge < -0.3 is 10.2 Å². The number of aryl methyl sites for hydroxylation is 1. The van der Waals surface area contributed by atoms with Crippen LogP contribution in [0.2, 0.25) is 0 Å². The van der Waals surface area contributed by atoms with Crippen molar-refractivity contribution in [2.75, 3.05) is 31.5 Å². The molecule has 0 unspecified atom stereocenters. The number of carbonyl (C=O) groups excluding carboxylic acids is 1. The van der Waals surface area contributed by atoms with Gasteiger partial charge >= 0.3 is 0 Å². The van der Waals surface area contributed by atoms with Crippen molar-refractivity contribution >= 4 is 28.1 Å². The highest BCUT2D eigenvalue weighted by atomic mass is 32.1. The summed E-state index contributed by atoms with van der Waals surface area (Å²) in [5.74, 6) is 0.707. The molecule has 1 saturated heterocycles. The summed E-state index contributed by atoms with van der Waals surface area (Å²) in [5.41, 5.74) is 3.42. The number of piperazine rings is 1. The van der Waals surface area contributed by atoms with E-state index in [9.17, 15) is 4.79 Å². The van der Waals surface area contributed by atoms with Gasteiger partial charge in [-0.3, -0.25) is 9.69 Å². The fourth-order valence-electron chi connectivity index (χ4n) is 3.14. The second-order valence-electron chi connectivity index (χ2n) is 7.01. The number of anilines is 2. The monoisotopic (exact) mass is 356 g/mol. The topological polar surface area (TPSA) is 48.5 Å². The molecule has 1 aromatic heterocycles. The maximum absolute atomic E-state index is 12.1. The summed E-state index contributed by atoms with van der Waals surface area (Å²) in [5, 5.41) is 6.42. The van der Waals surface area contributed by atoms with E-state index >= 15 is 0 Å². The number of nitrogens with zero attached hydrogens (tertiary/aromatic N) is 3. The van der Waals surface area contributed by atoms with E-state index in [0.717, 1.165) is 62.1 Å². The van der Waals surface area contributed by atoms with Gasteiger partial charge in [-0.2, -0.15) is 0 Å². The Morgan fingerprint density at radius 2 is 1.92 bits per heavy atom. The molecule has 6 heteroatoms. The summed E-state index contributed by atoms with van der Waals surface area (Å²) in [6.45, 7) is 6.54. The van der Waals surface area contributed by atoms with Crippen LogP contribution >= 0.6 is 11.3 Å². The van der Waals surface area contributed by atoms with Crippen molar-refractivity contribution in [1.82, 2.24) is 14.8 Å². The number of carbonyl (C=O) groups is 1. The first-order chi connectivity index (χ1) is 12.2. The van der Waals surface area contributed by atoms with Gasteiger partial charge in [-0.1, -0.05) is 17.7 Å².